The van der Waals surface area contributed by atoms with Gasteiger partial charge >= 0.3 is 6.09 Å². The number of H-pyrrole nitrogens is 1. The molecule has 1 saturated heterocycles. The molecule has 356 valence electrons. The number of hydrogen-bond acceptors (Lipinski definition) is 12. The van der Waals surface area contributed by atoms with Crippen LogP contribution in [0.25, 0.3) is 22.3 Å². The fourth-order valence-corrected chi connectivity index (χ4v) is 10.1. The maximum Gasteiger partial charge on any atom is 0.413 e. The third-order valence-corrected chi connectivity index (χ3v) is 14.1. The van der Waals surface area contributed by atoms with Crippen LogP contribution in [0.4, 0.5) is 4.79 Å². The summed E-state index contributed by atoms with van der Waals surface area (Å²) in [5.41, 5.74) is 5.77. The number of likely N-dealkylation sites (tertiary alicyclic amines) is 1. The van der Waals surface area contributed by atoms with E-state index in [-0.39, 0.29) is 54.1 Å². The van der Waals surface area contributed by atoms with E-state index in [1.807, 2.05) is 42.5 Å². The molecule has 3 aromatic carbocycles. The van der Waals surface area contributed by atoms with Crippen molar-refractivity contribution in [2.24, 2.45) is 22.9 Å². The van der Waals surface area contributed by atoms with Gasteiger partial charge in [0.2, 0.25) is 18.6 Å². The summed E-state index contributed by atoms with van der Waals surface area (Å²) in [5, 5.41) is 9.73. The number of aromatic amines is 1. The third kappa shape index (κ3) is 8.99. The molecule has 16 nitrogen and oxygen atoms in total. The lowest BCUT2D eigenvalue weighted by Gasteiger charge is -2.43. The molecule has 3 atom stereocenters. The Hall–Kier alpha value is -6.84. The molecule has 5 aliphatic rings. The Kier molecular flexibility index (Phi) is 12.4. The number of nitrogens with one attached hydrogen (secondary N) is 2. The highest BCUT2D eigenvalue weighted by molar-refractivity contribution is 6.07. The van der Waals surface area contributed by atoms with E-state index in [9.17, 15) is 14.4 Å². The van der Waals surface area contributed by atoms with Gasteiger partial charge in [-0.2, -0.15) is 5.10 Å². The first kappa shape index (κ1) is 45.0. The lowest BCUT2D eigenvalue weighted by atomic mass is 9.73. The predicted octanol–water partition coefficient (Wildman–Crippen LogP) is 8.20. The molecule has 5 aromatic rings. The van der Waals surface area contributed by atoms with Crippen molar-refractivity contribution in [3.63, 3.8) is 0 Å². The number of carbonyl (C=O) groups excluding carboxylic acids is 3. The maximum atomic E-state index is 14.7. The van der Waals surface area contributed by atoms with E-state index in [2.05, 4.69) is 53.2 Å². The van der Waals surface area contributed by atoms with Crippen molar-refractivity contribution in [2.75, 3.05) is 40.7 Å². The van der Waals surface area contributed by atoms with Crippen molar-refractivity contribution >= 4 is 34.7 Å². The number of rotatable bonds is 13. The van der Waals surface area contributed by atoms with Gasteiger partial charge in [-0.1, -0.05) is 57.9 Å². The summed E-state index contributed by atoms with van der Waals surface area (Å²) in [6.45, 7) is 7.86. The van der Waals surface area contributed by atoms with E-state index in [1.54, 1.807) is 30.3 Å². The van der Waals surface area contributed by atoms with Gasteiger partial charge in [0, 0.05) is 43.1 Å². The molecule has 3 fully saturated rings. The molecule has 10 rings (SSSR count). The first-order valence-corrected chi connectivity index (χ1v) is 23.9. The summed E-state index contributed by atoms with van der Waals surface area (Å²) in [6.07, 6.45) is 9.44. The van der Waals surface area contributed by atoms with Crippen LogP contribution < -0.4 is 33.7 Å². The molecule has 2 N–H and O–H groups in total. The Bertz CT molecular complexity index is 2740. The second kappa shape index (κ2) is 18.7. The number of methoxy groups -OCH3 is 2. The Labute approximate surface area is 395 Å². The van der Waals surface area contributed by atoms with Crippen molar-refractivity contribution < 1.29 is 42.8 Å². The fourth-order valence-electron chi connectivity index (χ4n) is 10.1. The van der Waals surface area contributed by atoms with Gasteiger partial charge in [0.05, 0.1) is 43.7 Å². The van der Waals surface area contributed by atoms with Crippen LogP contribution in [-0.4, -0.2) is 101 Å². The number of hydrogen-bond donors (Lipinski definition) is 2. The zero-order valence-electron chi connectivity index (χ0n) is 39.3. The van der Waals surface area contributed by atoms with Crippen molar-refractivity contribution in [1.82, 2.24) is 30.2 Å². The van der Waals surface area contributed by atoms with Gasteiger partial charge in [-0.15, -0.1) is 0 Å². The van der Waals surface area contributed by atoms with Gasteiger partial charge in [-0.3, -0.25) is 9.59 Å². The standard InChI is InChI=1S/C52H59N7O9/c1-52(2,3)33-15-12-30(13-16-33)24-37(56-51(62)68-42-26-53-47-45(42)54-28-55-46(47)43-39(65-27-31-10-11-31)18-19-40-48(43)67-29-66-40)50(61)58-22-20-34(21-23-58)59-49(60)36-9-7-6-8-35(36)44(57-59)32-14-17-38(63-4)41(25-32)64-5/h12-19,25-26,28,31,34-37,53H,6-11,20-24,27,29H2,1-5H3,(H,56,62)/t35-,36+,37+/m0/s1. The molecule has 68 heavy (non-hydrogen) atoms. The third-order valence-electron chi connectivity index (χ3n) is 14.1. The van der Waals surface area contributed by atoms with Gasteiger partial charge < -0.3 is 43.6 Å². The van der Waals surface area contributed by atoms with E-state index in [0.717, 1.165) is 60.9 Å². The van der Waals surface area contributed by atoms with E-state index >= 15 is 0 Å². The summed E-state index contributed by atoms with van der Waals surface area (Å²) in [4.78, 5) is 57.0. The first-order valence-electron chi connectivity index (χ1n) is 23.9. The Morgan fingerprint density at radius 2 is 1.62 bits per heavy atom. The molecular weight excluding hydrogens is 867 g/mol. The molecule has 0 radical (unpaired) electrons. The number of benzene rings is 3. The largest absolute Gasteiger partial charge is 0.493 e. The lowest BCUT2D eigenvalue weighted by molar-refractivity contribution is -0.143. The number of nitrogens with zero attached hydrogens (tertiary/aromatic N) is 5. The van der Waals surface area contributed by atoms with Crippen LogP contribution in [-0.2, 0) is 21.4 Å². The molecule has 0 spiro atoms. The van der Waals surface area contributed by atoms with Gasteiger partial charge in [0.15, 0.2) is 28.7 Å². The van der Waals surface area contributed by atoms with Crippen LogP contribution in [0.3, 0.4) is 0 Å². The zero-order chi connectivity index (χ0) is 47.1. The van der Waals surface area contributed by atoms with Gasteiger partial charge in [-0.05, 0) is 91.3 Å². The second-order valence-corrected chi connectivity index (χ2v) is 19.6. The minimum absolute atomic E-state index is 0.0216. The fraction of sp³-hybridized carbons (Fsp3) is 0.462. The van der Waals surface area contributed by atoms with Gasteiger partial charge in [-0.25, -0.2) is 19.8 Å². The van der Waals surface area contributed by atoms with E-state index in [4.69, 9.17) is 33.5 Å². The normalized spacial score (nSPS) is 19.8. The molecular formula is C52H59N7O9. The smallest absolute Gasteiger partial charge is 0.413 e. The summed E-state index contributed by atoms with van der Waals surface area (Å²) >= 11 is 0. The summed E-state index contributed by atoms with van der Waals surface area (Å²) in [5.74, 6) is 3.28. The number of ether oxygens (including phenoxy) is 6. The van der Waals surface area contributed by atoms with Crippen molar-refractivity contribution in [2.45, 2.75) is 96.1 Å². The van der Waals surface area contributed by atoms with E-state index in [0.29, 0.717) is 89.5 Å². The highest BCUT2D eigenvalue weighted by Crippen LogP contribution is 2.49. The average Bonchev–Trinajstić information content (AvgIpc) is 3.91. The van der Waals surface area contributed by atoms with E-state index in [1.165, 1.54) is 6.33 Å². The predicted molar refractivity (Wildman–Crippen MR) is 253 cm³/mol. The Morgan fingerprint density at radius 3 is 2.35 bits per heavy atom. The highest BCUT2D eigenvalue weighted by Gasteiger charge is 2.44. The molecule has 5 heterocycles. The van der Waals surface area contributed by atoms with Crippen LogP contribution >= 0.6 is 0 Å². The summed E-state index contributed by atoms with van der Waals surface area (Å²) < 4.78 is 35.0. The lowest BCUT2D eigenvalue weighted by Crippen LogP contribution is -2.56. The molecule has 2 saturated carbocycles. The van der Waals surface area contributed by atoms with Crippen LogP contribution in [0.5, 0.6) is 34.5 Å². The molecule has 2 aliphatic carbocycles. The van der Waals surface area contributed by atoms with Crippen LogP contribution in [0, 0.1) is 17.8 Å². The average molecular weight is 926 g/mol. The molecule has 16 heteroatoms. The van der Waals surface area contributed by atoms with Crippen molar-refractivity contribution in [1.29, 1.82) is 0 Å². The zero-order valence-corrected chi connectivity index (χ0v) is 39.3. The number of hydrazone groups is 1. The Balaban J connectivity index is 0.878. The molecule has 3 amide bonds. The SMILES string of the molecule is COc1ccc(C2=NN(C3CCN(C(=O)[C@@H](Cc4ccc(C(C)(C)C)cc4)NC(=O)Oc4c[nH]c5c(-c6c(OCC7CC7)ccc7c6OCO7)ncnc45)CC3)C(=O)[C@@H]3CCCC[C@H]23)cc1OC. The molecule has 3 aliphatic heterocycles. The van der Waals surface area contributed by atoms with E-state index < -0.39 is 12.1 Å². The molecule has 0 unspecified atom stereocenters. The first-order chi connectivity index (χ1) is 33.0. The van der Waals surface area contributed by atoms with Crippen LogP contribution in [0.2, 0.25) is 0 Å². The van der Waals surface area contributed by atoms with Crippen molar-refractivity contribution in [3.8, 4) is 45.8 Å². The van der Waals surface area contributed by atoms with Crippen LogP contribution in [0.15, 0.2) is 72.2 Å². The number of carbonyl (C=O) groups is 3. The van der Waals surface area contributed by atoms with Gasteiger partial charge in [0.1, 0.15) is 29.3 Å². The monoisotopic (exact) mass is 925 g/mol. The maximum absolute atomic E-state index is 14.7. The molecule has 2 aromatic heterocycles. The minimum Gasteiger partial charge on any atom is -0.493 e. The minimum atomic E-state index is -0.959. The quantitative estimate of drug-likeness (QED) is 0.116. The summed E-state index contributed by atoms with van der Waals surface area (Å²) in [6, 6.07) is 16.5. The Morgan fingerprint density at radius 1 is 0.868 bits per heavy atom. The number of piperidine rings is 1. The highest BCUT2D eigenvalue weighted by atomic mass is 16.7. The number of fused-ring (bicyclic) bond motifs is 3. The second-order valence-electron chi connectivity index (χ2n) is 19.6. The van der Waals surface area contributed by atoms with Crippen molar-refractivity contribution in [3.05, 3.63) is 83.8 Å². The van der Waals surface area contributed by atoms with Gasteiger partial charge in [0.25, 0.3) is 0 Å². The summed E-state index contributed by atoms with van der Waals surface area (Å²) in [7, 11) is 3.22. The number of amides is 3. The van der Waals surface area contributed by atoms with Crippen LogP contribution in [0.1, 0.15) is 88.8 Å². The topological polar surface area (TPSA) is 179 Å². The number of aromatic nitrogens is 3. The molecule has 0 bridgehead atoms.